The number of nitriles is 1. The molecule has 6 heteroatoms. The maximum absolute atomic E-state index is 11.6. The van der Waals surface area contributed by atoms with Crippen LogP contribution in [0, 0.1) is 11.3 Å². The second-order valence-corrected chi connectivity index (χ2v) is 5.73. The van der Waals surface area contributed by atoms with Gasteiger partial charge < -0.3 is 5.11 Å². The third-order valence-electron chi connectivity index (χ3n) is 2.07. The van der Waals surface area contributed by atoms with Gasteiger partial charge in [-0.3, -0.25) is 4.79 Å². The van der Waals surface area contributed by atoms with E-state index in [9.17, 15) is 13.2 Å². The molecule has 5 nitrogen and oxygen atoms in total. The smallest absolute Gasteiger partial charge is 0.304 e. The lowest BCUT2D eigenvalue weighted by Gasteiger charge is -2.03. The van der Waals surface area contributed by atoms with Crippen molar-refractivity contribution < 1.29 is 18.3 Å². The Kier molecular flexibility index (Phi) is 4.24. The van der Waals surface area contributed by atoms with Crippen molar-refractivity contribution >= 4 is 15.8 Å². The van der Waals surface area contributed by atoms with Gasteiger partial charge in [0.05, 0.1) is 29.6 Å². The molecule has 0 saturated carbocycles. The van der Waals surface area contributed by atoms with Crippen LogP contribution in [0.25, 0.3) is 0 Å². The number of rotatable bonds is 5. The Labute approximate surface area is 99.2 Å². The monoisotopic (exact) mass is 253 g/mol. The molecule has 0 bridgehead atoms. The maximum atomic E-state index is 11.6. The van der Waals surface area contributed by atoms with E-state index in [-0.39, 0.29) is 11.5 Å². The second-order valence-electron chi connectivity index (χ2n) is 3.55. The summed E-state index contributed by atoms with van der Waals surface area (Å²) >= 11 is 0. The van der Waals surface area contributed by atoms with Crippen LogP contribution in [-0.2, 0) is 20.4 Å². The molecule has 0 unspecified atom stereocenters. The highest BCUT2D eigenvalue weighted by atomic mass is 32.2. The molecule has 1 aromatic rings. The lowest BCUT2D eigenvalue weighted by Crippen LogP contribution is -2.12. The van der Waals surface area contributed by atoms with Crippen LogP contribution in [0.4, 0.5) is 0 Å². The highest BCUT2D eigenvalue weighted by molar-refractivity contribution is 7.90. The molecule has 0 spiro atoms. The van der Waals surface area contributed by atoms with E-state index >= 15 is 0 Å². The van der Waals surface area contributed by atoms with Gasteiger partial charge in [-0.2, -0.15) is 5.26 Å². The molecule has 0 amide bonds. The van der Waals surface area contributed by atoms with Crippen molar-refractivity contribution in [2.75, 3.05) is 5.75 Å². The number of sulfone groups is 1. The molecule has 90 valence electrons. The summed E-state index contributed by atoms with van der Waals surface area (Å²) in [6, 6.07) is 8.17. The highest BCUT2D eigenvalue weighted by Crippen LogP contribution is 2.10. The summed E-state index contributed by atoms with van der Waals surface area (Å²) in [6.07, 6.45) is -0.403. The largest absolute Gasteiger partial charge is 0.481 e. The van der Waals surface area contributed by atoms with Crippen LogP contribution >= 0.6 is 0 Å². The molecule has 1 aromatic carbocycles. The van der Waals surface area contributed by atoms with Crippen LogP contribution in [-0.4, -0.2) is 25.2 Å². The first-order chi connectivity index (χ1) is 7.93. The zero-order valence-corrected chi connectivity index (χ0v) is 9.77. The number of hydrogen-bond donors (Lipinski definition) is 1. The van der Waals surface area contributed by atoms with Crippen LogP contribution < -0.4 is 0 Å². The van der Waals surface area contributed by atoms with Crippen LogP contribution in [0.3, 0.4) is 0 Å². The lowest BCUT2D eigenvalue weighted by molar-refractivity contribution is -0.136. The standard InChI is InChI=1S/C11H11NO4S/c12-7-9-2-1-3-10(6-9)8-17(15,16)5-4-11(13)14/h1-3,6H,4-5,8H2,(H,13,14). The van der Waals surface area contributed by atoms with E-state index in [2.05, 4.69) is 0 Å². The molecule has 0 aromatic heterocycles. The Bertz CT molecular complexity index is 557. The number of nitrogens with zero attached hydrogens (tertiary/aromatic N) is 1. The van der Waals surface area contributed by atoms with Gasteiger partial charge in [0.1, 0.15) is 0 Å². The maximum Gasteiger partial charge on any atom is 0.304 e. The van der Waals surface area contributed by atoms with Gasteiger partial charge in [0.15, 0.2) is 9.84 Å². The van der Waals surface area contributed by atoms with E-state index in [1.165, 1.54) is 6.07 Å². The van der Waals surface area contributed by atoms with Crippen molar-refractivity contribution in [3.05, 3.63) is 35.4 Å². The summed E-state index contributed by atoms with van der Waals surface area (Å²) in [4.78, 5) is 10.3. The minimum absolute atomic E-state index is 0.240. The van der Waals surface area contributed by atoms with Gasteiger partial charge in [0, 0.05) is 0 Å². The molecule has 1 rings (SSSR count). The summed E-state index contributed by atoms with van der Waals surface area (Å²) in [7, 11) is -3.44. The van der Waals surface area contributed by atoms with Crippen molar-refractivity contribution in [3.63, 3.8) is 0 Å². The van der Waals surface area contributed by atoms with Gasteiger partial charge in [-0.15, -0.1) is 0 Å². The molecule has 0 heterocycles. The van der Waals surface area contributed by atoms with Crippen LogP contribution in [0.2, 0.25) is 0 Å². The summed E-state index contributed by atoms with van der Waals surface area (Å²) < 4.78 is 23.1. The van der Waals surface area contributed by atoms with Crippen LogP contribution in [0.1, 0.15) is 17.5 Å². The Morgan fingerprint density at radius 3 is 2.71 bits per heavy atom. The van der Waals surface area contributed by atoms with Gasteiger partial charge in [-0.25, -0.2) is 8.42 Å². The van der Waals surface area contributed by atoms with Gasteiger partial charge in [-0.1, -0.05) is 12.1 Å². The van der Waals surface area contributed by atoms with Crippen LogP contribution in [0.15, 0.2) is 24.3 Å². The normalized spacial score (nSPS) is 10.8. The third kappa shape index (κ3) is 4.66. The number of carboxylic acids is 1. The van der Waals surface area contributed by atoms with E-state index in [4.69, 9.17) is 10.4 Å². The number of carboxylic acid groups (broad SMARTS) is 1. The zero-order valence-electron chi connectivity index (χ0n) is 8.96. The summed E-state index contributed by atoms with van der Waals surface area (Å²) in [5, 5.41) is 17.1. The summed E-state index contributed by atoms with van der Waals surface area (Å²) in [5.41, 5.74) is 0.880. The van der Waals surface area contributed by atoms with Crippen LogP contribution in [0.5, 0.6) is 0 Å². The summed E-state index contributed by atoms with van der Waals surface area (Å²) in [6.45, 7) is 0. The van der Waals surface area contributed by atoms with E-state index in [1.807, 2.05) is 6.07 Å². The van der Waals surface area contributed by atoms with E-state index in [1.54, 1.807) is 18.2 Å². The Morgan fingerprint density at radius 1 is 1.41 bits per heavy atom. The average molecular weight is 253 g/mol. The molecular weight excluding hydrogens is 242 g/mol. The van der Waals surface area contributed by atoms with Gasteiger partial charge >= 0.3 is 5.97 Å². The molecular formula is C11H11NO4S. The van der Waals surface area contributed by atoms with Gasteiger partial charge in [0.25, 0.3) is 0 Å². The fourth-order valence-electron chi connectivity index (χ4n) is 1.30. The second kappa shape index (κ2) is 5.46. The Morgan fingerprint density at radius 2 is 2.12 bits per heavy atom. The molecule has 0 aliphatic heterocycles. The SMILES string of the molecule is N#Cc1cccc(CS(=O)(=O)CCC(=O)O)c1. The topological polar surface area (TPSA) is 95.2 Å². The fraction of sp³-hybridized carbons (Fsp3) is 0.273. The highest BCUT2D eigenvalue weighted by Gasteiger charge is 2.14. The van der Waals surface area contributed by atoms with E-state index in [0.29, 0.717) is 11.1 Å². The fourth-order valence-corrected chi connectivity index (χ4v) is 2.62. The molecule has 0 fully saturated rings. The van der Waals surface area contributed by atoms with Gasteiger partial charge in [-0.05, 0) is 17.7 Å². The predicted molar refractivity (Wildman–Crippen MR) is 60.9 cm³/mol. The number of carbonyl (C=O) groups is 1. The zero-order chi connectivity index (χ0) is 12.9. The first-order valence-corrected chi connectivity index (χ1v) is 6.66. The number of hydrogen-bond acceptors (Lipinski definition) is 4. The lowest BCUT2D eigenvalue weighted by atomic mass is 10.2. The first-order valence-electron chi connectivity index (χ1n) is 4.84. The number of benzene rings is 1. The molecule has 17 heavy (non-hydrogen) atoms. The van der Waals surface area contributed by atoms with Crippen molar-refractivity contribution in [2.24, 2.45) is 0 Å². The van der Waals surface area contributed by atoms with Crippen molar-refractivity contribution in [2.45, 2.75) is 12.2 Å². The predicted octanol–water partition coefficient (Wildman–Crippen LogP) is 0.948. The molecule has 0 aliphatic carbocycles. The minimum atomic E-state index is -3.44. The molecule has 0 atom stereocenters. The van der Waals surface area contributed by atoms with Gasteiger partial charge in [0.2, 0.25) is 0 Å². The van der Waals surface area contributed by atoms with E-state index < -0.39 is 22.2 Å². The molecule has 0 aliphatic rings. The quantitative estimate of drug-likeness (QED) is 0.842. The average Bonchev–Trinajstić information content (AvgIpc) is 2.26. The minimum Gasteiger partial charge on any atom is -0.481 e. The van der Waals surface area contributed by atoms with E-state index in [0.717, 1.165) is 0 Å². The third-order valence-corrected chi connectivity index (χ3v) is 3.67. The summed E-state index contributed by atoms with van der Waals surface area (Å²) in [5.74, 6) is -1.77. The van der Waals surface area contributed by atoms with Crippen molar-refractivity contribution in [1.29, 1.82) is 5.26 Å². The van der Waals surface area contributed by atoms with Crippen molar-refractivity contribution in [1.82, 2.24) is 0 Å². The Balaban J connectivity index is 2.76. The molecule has 0 saturated heterocycles. The van der Waals surface area contributed by atoms with Crippen molar-refractivity contribution in [3.8, 4) is 6.07 Å². The molecule has 0 radical (unpaired) electrons. The number of aliphatic carboxylic acids is 1. The molecule has 1 N–H and O–H groups in total. The first kappa shape index (κ1) is 13.2. The Hall–Kier alpha value is -1.87.